The molecule has 0 amide bonds. The van der Waals surface area contributed by atoms with Gasteiger partial charge in [-0.05, 0) is 18.2 Å². The molecule has 0 atom stereocenters. The second kappa shape index (κ2) is 5.35. The van der Waals surface area contributed by atoms with Gasteiger partial charge in [0.25, 0.3) is 0 Å². The Morgan fingerprint density at radius 1 is 1.47 bits per heavy atom. The average molecular weight is 249 g/mol. The molecule has 3 N–H and O–H groups in total. The monoisotopic (exact) mass is 249 g/mol. The topological polar surface area (TPSA) is 96.0 Å². The number of nitrogens with two attached hydrogens (primary N) is 1. The number of nitriles is 1. The van der Waals surface area contributed by atoms with Crippen LogP contribution in [0.25, 0.3) is 0 Å². The van der Waals surface area contributed by atoms with Crippen molar-refractivity contribution >= 4 is 15.7 Å². The molecular formula is C11H11N3O2S. The lowest BCUT2D eigenvalue weighted by atomic mass is 10.2. The van der Waals surface area contributed by atoms with Crippen LogP contribution < -0.4 is 10.5 Å². The highest BCUT2D eigenvalue weighted by Gasteiger charge is 2.17. The van der Waals surface area contributed by atoms with Gasteiger partial charge < -0.3 is 5.73 Å². The van der Waals surface area contributed by atoms with Crippen LogP contribution in [0.2, 0.25) is 0 Å². The quantitative estimate of drug-likeness (QED) is 0.460. The number of nitrogens with zero attached hydrogens (tertiary/aromatic N) is 1. The van der Waals surface area contributed by atoms with E-state index < -0.39 is 10.0 Å². The first kappa shape index (κ1) is 13.0. The zero-order chi connectivity index (χ0) is 12.9. The number of terminal acetylenes is 1. The molecule has 17 heavy (non-hydrogen) atoms. The first-order valence-electron chi connectivity index (χ1n) is 4.74. The summed E-state index contributed by atoms with van der Waals surface area (Å²) >= 11 is 0. The number of nitrogens with one attached hydrogen (secondary N) is 1. The third kappa shape index (κ3) is 3.22. The predicted molar refractivity (Wildman–Crippen MR) is 64.2 cm³/mol. The summed E-state index contributed by atoms with van der Waals surface area (Å²) in [6, 6.07) is 5.83. The van der Waals surface area contributed by atoms with Crippen LogP contribution in [0, 0.1) is 23.7 Å². The third-order valence-corrected chi connectivity index (χ3v) is 3.49. The summed E-state index contributed by atoms with van der Waals surface area (Å²) in [6.45, 7) is 0.133. The predicted octanol–water partition coefficient (Wildman–Crippen LogP) is 0.442. The van der Waals surface area contributed by atoms with Crippen LogP contribution in [0.4, 0.5) is 5.69 Å². The molecule has 0 fully saturated rings. The normalized spacial score (nSPS) is 10.5. The molecule has 1 aromatic carbocycles. The fraction of sp³-hybridized carbons (Fsp3) is 0.182. The van der Waals surface area contributed by atoms with Crippen molar-refractivity contribution < 1.29 is 8.42 Å². The highest BCUT2D eigenvalue weighted by atomic mass is 32.2. The molecule has 0 spiro atoms. The number of hydrogen-bond donors (Lipinski definition) is 2. The van der Waals surface area contributed by atoms with Gasteiger partial charge >= 0.3 is 0 Å². The summed E-state index contributed by atoms with van der Waals surface area (Å²) in [5.74, 6) is 2.32. The Labute approximate surface area is 100 Å². The molecule has 0 aliphatic carbocycles. The summed E-state index contributed by atoms with van der Waals surface area (Å²) in [5.41, 5.74) is 5.82. The van der Waals surface area contributed by atoms with Gasteiger partial charge in [-0.1, -0.05) is 0 Å². The average Bonchev–Trinajstić information content (AvgIpc) is 2.28. The molecule has 1 aromatic rings. The standard InChI is InChI=1S/C11H11N3O2S/c1-2-3-6-14-17(15,16)11-5-4-10(13)7-9(11)8-12/h1,4-5,7,14H,3,6,13H2. The van der Waals surface area contributed by atoms with Crippen LogP contribution in [-0.2, 0) is 10.0 Å². The van der Waals surface area contributed by atoms with Crippen molar-refractivity contribution in [3.63, 3.8) is 0 Å². The van der Waals surface area contributed by atoms with Gasteiger partial charge in [0, 0.05) is 18.7 Å². The molecule has 0 aliphatic rings. The van der Waals surface area contributed by atoms with Gasteiger partial charge in [0.1, 0.15) is 6.07 Å². The van der Waals surface area contributed by atoms with Gasteiger partial charge in [0.2, 0.25) is 10.0 Å². The second-order valence-corrected chi connectivity index (χ2v) is 4.95. The second-order valence-electron chi connectivity index (χ2n) is 3.22. The van der Waals surface area contributed by atoms with Gasteiger partial charge in [-0.3, -0.25) is 0 Å². The maximum Gasteiger partial charge on any atom is 0.241 e. The van der Waals surface area contributed by atoms with Crippen molar-refractivity contribution in [2.45, 2.75) is 11.3 Å². The maximum absolute atomic E-state index is 11.8. The fourth-order valence-electron chi connectivity index (χ4n) is 1.20. The van der Waals surface area contributed by atoms with E-state index in [2.05, 4.69) is 10.6 Å². The van der Waals surface area contributed by atoms with Crippen molar-refractivity contribution in [1.82, 2.24) is 4.72 Å². The minimum Gasteiger partial charge on any atom is -0.399 e. The Kier molecular flexibility index (Phi) is 4.11. The van der Waals surface area contributed by atoms with Crippen molar-refractivity contribution in [3.05, 3.63) is 23.8 Å². The van der Waals surface area contributed by atoms with E-state index >= 15 is 0 Å². The van der Waals surface area contributed by atoms with E-state index in [-0.39, 0.29) is 23.4 Å². The molecule has 0 heterocycles. The molecule has 0 aliphatic heterocycles. The Hall–Kier alpha value is -2.02. The van der Waals surface area contributed by atoms with Crippen molar-refractivity contribution in [1.29, 1.82) is 5.26 Å². The number of nitrogen functional groups attached to an aromatic ring is 1. The Balaban J connectivity index is 3.08. The van der Waals surface area contributed by atoms with Crippen LogP contribution >= 0.6 is 0 Å². The third-order valence-electron chi connectivity index (χ3n) is 1.98. The van der Waals surface area contributed by atoms with Crippen molar-refractivity contribution in [3.8, 4) is 18.4 Å². The SMILES string of the molecule is C#CCCNS(=O)(=O)c1ccc(N)cc1C#N. The fourth-order valence-corrected chi connectivity index (χ4v) is 2.37. The summed E-state index contributed by atoms with van der Waals surface area (Å²) in [6.07, 6.45) is 5.31. The molecule has 0 unspecified atom stereocenters. The van der Waals surface area contributed by atoms with Crippen molar-refractivity contribution in [2.75, 3.05) is 12.3 Å². The van der Waals surface area contributed by atoms with Gasteiger partial charge in [0.05, 0.1) is 10.5 Å². The molecule has 1 rings (SSSR count). The lowest BCUT2D eigenvalue weighted by molar-refractivity contribution is 0.582. The van der Waals surface area contributed by atoms with E-state index in [1.54, 1.807) is 6.07 Å². The van der Waals surface area contributed by atoms with E-state index in [0.717, 1.165) is 0 Å². The van der Waals surface area contributed by atoms with Crippen LogP contribution in [0.5, 0.6) is 0 Å². The number of benzene rings is 1. The summed E-state index contributed by atoms with van der Waals surface area (Å²) in [4.78, 5) is -0.0915. The van der Waals surface area contributed by atoms with E-state index in [4.69, 9.17) is 17.4 Å². The number of anilines is 1. The minimum atomic E-state index is -3.72. The number of hydrogen-bond acceptors (Lipinski definition) is 4. The van der Waals surface area contributed by atoms with Gasteiger partial charge in [-0.2, -0.15) is 5.26 Å². The first-order valence-corrected chi connectivity index (χ1v) is 6.22. The molecule has 0 saturated carbocycles. The van der Waals surface area contributed by atoms with E-state index in [9.17, 15) is 8.42 Å². The smallest absolute Gasteiger partial charge is 0.241 e. The molecular weight excluding hydrogens is 238 g/mol. The first-order chi connectivity index (χ1) is 8.01. The largest absolute Gasteiger partial charge is 0.399 e. The van der Waals surface area contributed by atoms with Crippen LogP contribution in [0.1, 0.15) is 12.0 Å². The van der Waals surface area contributed by atoms with E-state index in [1.807, 2.05) is 0 Å². The van der Waals surface area contributed by atoms with Gasteiger partial charge in [-0.15, -0.1) is 12.3 Å². The summed E-state index contributed by atoms with van der Waals surface area (Å²) in [5, 5.41) is 8.85. The number of rotatable bonds is 4. The molecule has 0 saturated heterocycles. The molecule has 0 bridgehead atoms. The van der Waals surface area contributed by atoms with Gasteiger partial charge in [0.15, 0.2) is 0 Å². The van der Waals surface area contributed by atoms with E-state index in [1.165, 1.54) is 18.2 Å². The highest BCUT2D eigenvalue weighted by Crippen LogP contribution is 2.17. The molecule has 0 aromatic heterocycles. The molecule has 6 heteroatoms. The zero-order valence-electron chi connectivity index (χ0n) is 8.97. The maximum atomic E-state index is 11.8. The molecule has 5 nitrogen and oxygen atoms in total. The summed E-state index contributed by atoms with van der Waals surface area (Å²) < 4.78 is 26.0. The highest BCUT2D eigenvalue weighted by molar-refractivity contribution is 7.89. The molecule has 88 valence electrons. The van der Waals surface area contributed by atoms with E-state index in [0.29, 0.717) is 5.69 Å². The zero-order valence-corrected chi connectivity index (χ0v) is 9.79. The van der Waals surface area contributed by atoms with Crippen molar-refractivity contribution in [2.24, 2.45) is 0 Å². The Bertz CT molecular complexity index is 594. The summed E-state index contributed by atoms with van der Waals surface area (Å²) in [7, 11) is -3.72. The Morgan fingerprint density at radius 3 is 2.76 bits per heavy atom. The lowest BCUT2D eigenvalue weighted by Crippen LogP contribution is -2.25. The molecule has 0 radical (unpaired) electrons. The minimum absolute atomic E-state index is 0.0122. The Morgan fingerprint density at radius 2 is 2.18 bits per heavy atom. The van der Waals surface area contributed by atoms with Gasteiger partial charge in [-0.25, -0.2) is 13.1 Å². The van der Waals surface area contributed by atoms with Crippen LogP contribution in [0.3, 0.4) is 0 Å². The van der Waals surface area contributed by atoms with Crippen LogP contribution in [-0.4, -0.2) is 15.0 Å². The lowest BCUT2D eigenvalue weighted by Gasteiger charge is -2.07. The number of sulfonamides is 1. The van der Waals surface area contributed by atoms with Crippen LogP contribution in [0.15, 0.2) is 23.1 Å².